The van der Waals surface area contributed by atoms with Gasteiger partial charge in [0.25, 0.3) is 0 Å². The Morgan fingerprint density at radius 3 is 2.45 bits per heavy atom. The number of carbonyl (C=O) groups is 2. The summed E-state index contributed by atoms with van der Waals surface area (Å²) in [6.45, 7) is 0.634. The molecule has 22 heavy (non-hydrogen) atoms. The van der Waals surface area contributed by atoms with Gasteiger partial charge < -0.3 is 10.4 Å². The van der Waals surface area contributed by atoms with E-state index < -0.39 is 11.9 Å². The van der Waals surface area contributed by atoms with Gasteiger partial charge in [0.05, 0.1) is 11.8 Å². The van der Waals surface area contributed by atoms with Gasteiger partial charge in [-0.25, -0.2) is 0 Å². The highest BCUT2D eigenvalue weighted by Crippen LogP contribution is 2.45. The van der Waals surface area contributed by atoms with Crippen LogP contribution in [-0.2, 0) is 9.59 Å². The number of carboxylic acids is 1. The van der Waals surface area contributed by atoms with Gasteiger partial charge in [-0.3, -0.25) is 9.59 Å². The van der Waals surface area contributed by atoms with Crippen LogP contribution in [0.3, 0.4) is 0 Å². The van der Waals surface area contributed by atoms with Crippen LogP contribution >= 0.6 is 0 Å². The van der Waals surface area contributed by atoms with E-state index in [2.05, 4.69) is 17.5 Å². The molecule has 4 aliphatic carbocycles. The molecule has 0 radical (unpaired) electrons. The van der Waals surface area contributed by atoms with E-state index in [1.165, 1.54) is 18.4 Å². The molecule has 0 aromatic carbocycles. The molecule has 0 saturated heterocycles. The van der Waals surface area contributed by atoms with E-state index in [1.54, 1.807) is 0 Å². The number of carbonyl (C=O) groups excluding carboxylic acids is 1. The van der Waals surface area contributed by atoms with Crippen LogP contribution in [0.1, 0.15) is 44.9 Å². The minimum atomic E-state index is -0.825. The molecule has 4 rings (SSSR count). The van der Waals surface area contributed by atoms with E-state index in [0.717, 1.165) is 32.1 Å². The number of carboxylic acid groups (broad SMARTS) is 1. The Balaban J connectivity index is 1.57. The van der Waals surface area contributed by atoms with Crippen LogP contribution < -0.4 is 5.32 Å². The Morgan fingerprint density at radius 2 is 1.86 bits per heavy atom. The van der Waals surface area contributed by atoms with Gasteiger partial charge in [-0.1, -0.05) is 23.8 Å². The molecule has 0 unspecified atom stereocenters. The molecule has 1 fully saturated rings. The average Bonchev–Trinajstić information content (AvgIpc) is 2.55. The molecule has 4 aliphatic rings. The third-order valence-electron chi connectivity index (χ3n) is 5.47. The first-order chi connectivity index (χ1) is 10.7. The van der Waals surface area contributed by atoms with Crippen LogP contribution in [0.15, 0.2) is 23.8 Å². The maximum absolute atomic E-state index is 12.5. The molecule has 120 valence electrons. The fourth-order valence-electron chi connectivity index (χ4n) is 4.28. The smallest absolute Gasteiger partial charge is 0.307 e. The minimum Gasteiger partial charge on any atom is -0.481 e. The van der Waals surface area contributed by atoms with E-state index in [9.17, 15) is 14.7 Å². The molecule has 0 aromatic rings. The second-order valence-electron chi connectivity index (χ2n) is 6.83. The van der Waals surface area contributed by atoms with Crippen LogP contribution in [-0.4, -0.2) is 23.5 Å². The van der Waals surface area contributed by atoms with Gasteiger partial charge in [0.2, 0.25) is 5.91 Å². The molecule has 1 amide bonds. The number of rotatable bonds is 5. The van der Waals surface area contributed by atoms with E-state index in [-0.39, 0.29) is 23.7 Å². The largest absolute Gasteiger partial charge is 0.481 e. The normalized spacial score (nSPS) is 33.4. The van der Waals surface area contributed by atoms with Gasteiger partial charge in [-0.05, 0) is 56.8 Å². The van der Waals surface area contributed by atoms with Crippen molar-refractivity contribution in [1.82, 2.24) is 5.32 Å². The van der Waals surface area contributed by atoms with E-state index in [4.69, 9.17) is 0 Å². The summed E-state index contributed by atoms with van der Waals surface area (Å²) in [6, 6.07) is 0. The summed E-state index contributed by atoms with van der Waals surface area (Å²) in [5, 5.41) is 12.5. The minimum absolute atomic E-state index is 0.0271. The number of hydrogen-bond donors (Lipinski definition) is 2. The highest BCUT2D eigenvalue weighted by Gasteiger charge is 2.47. The zero-order valence-electron chi connectivity index (χ0n) is 13.0. The van der Waals surface area contributed by atoms with Crippen molar-refractivity contribution < 1.29 is 14.7 Å². The van der Waals surface area contributed by atoms with Crippen molar-refractivity contribution in [3.63, 3.8) is 0 Å². The molecule has 0 aliphatic heterocycles. The zero-order chi connectivity index (χ0) is 15.5. The predicted octanol–water partition coefficient (Wildman–Crippen LogP) is 2.91. The molecular weight excluding hydrogens is 278 g/mol. The molecule has 4 atom stereocenters. The van der Waals surface area contributed by atoms with Gasteiger partial charge in [0.15, 0.2) is 0 Å². The first-order valence-electron chi connectivity index (χ1n) is 8.53. The second-order valence-corrected chi connectivity index (χ2v) is 6.83. The number of nitrogens with one attached hydrogen (secondary N) is 1. The molecule has 4 heteroatoms. The standard InChI is InChI=1S/C18H25NO3/c20-17(19-11-10-12-4-2-1-3-5-12)15-13-6-8-14(9-7-13)16(15)18(21)22/h4,6,8,13-16H,1-3,5,7,9-11H2,(H,19,20)(H,21,22)/t13-,14+,15-,16+/m0/s1. The topological polar surface area (TPSA) is 66.4 Å². The maximum atomic E-state index is 12.5. The molecule has 4 nitrogen and oxygen atoms in total. The van der Waals surface area contributed by atoms with Crippen LogP contribution in [0.25, 0.3) is 0 Å². The Morgan fingerprint density at radius 1 is 1.14 bits per heavy atom. The van der Waals surface area contributed by atoms with Crippen LogP contribution in [0.5, 0.6) is 0 Å². The van der Waals surface area contributed by atoms with Crippen molar-refractivity contribution >= 4 is 11.9 Å². The van der Waals surface area contributed by atoms with E-state index in [1.807, 2.05) is 6.08 Å². The van der Waals surface area contributed by atoms with E-state index >= 15 is 0 Å². The Labute approximate surface area is 131 Å². The maximum Gasteiger partial charge on any atom is 0.307 e. The molecule has 2 bridgehead atoms. The molecular formula is C18H25NO3. The predicted molar refractivity (Wildman–Crippen MR) is 84.1 cm³/mol. The summed E-state index contributed by atoms with van der Waals surface area (Å²) in [5.41, 5.74) is 1.44. The van der Waals surface area contributed by atoms with Gasteiger partial charge in [0.1, 0.15) is 0 Å². The van der Waals surface area contributed by atoms with Gasteiger partial charge in [-0.2, -0.15) is 0 Å². The monoisotopic (exact) mass is 303 g/mol. The Kier molecular flexibility index (Phi) is 4.65. The highest BCUT2D eigenvalue weighted by atomic mass is 16.4. The number of hydrogen-bond acceptors (Lipinski definition) is 2. The highest BCUT2D eigenvalue weighted by molar-refractivity contribution is 5.86. The summed E-state index contributed by atoms with van der Waals surface area (Å²) < 4.78 is 0. The van der Waals surface area contributed by atoms with E-state index in [0.29, 0.717) is 6.54 Å². The lowest BCUT2D eigenvalue weighted by Crippen LogP contribution is -2.49. The summed E-state index contributed by atoms with van der Waals surface area (Å²) in [7, 11) is 0. The molecule has 0 aromatic heterocycles. The Hall–Kier alpha value is -1.58. The number of fused-ring (bicyclic) bond motifs is 2. The number of allylic oxidation sites excluding steroid dienone is 3. The number of amides is 1. The zero-order valence-corrected chi connectivity index (χ0v) is 13.0. The summed E-state index contributed by atoms with van der Waals surface area (Å²) in [4.78, 5) is 24.1. The van der Waals surface area contributed by atoms with Crippen molar-refractivity contribution in [2.24, 2.45) is 23.7 Å². The van der Waals surface area contributed by atoms with Crippen LogP contribution in [0.2, 0.25) is 0 Å². The van der Waals surface area contributed by atoms with Crippen molar-refractivity contribution in [3.8, 4) is 0 Å². The lowest BCUT2D eigenvalue weighted by molar-refractivity contribution is -0.152. The fraction of sp³-hybridized carbons (Fsp3) is 0.667. The Bertz CT molecular complexity index is 508. The van der Waals surface area contributed by atoms with Crippen molar-refractivity contribution in [2.75, 3.05) is 6.54 Å². The summed E-state index contributed by atoms with van der Waals surface area (Å²) in [5.74, 6) is -1.70. The van der Waals surface area contributed by atoms with Gasteiger partial charge >= 0.3 is 5.97 Å². The third-order valence-corrected chi connectivity index (χ3v) is 5.47. The quantitative estimate of drug-likeness (QED) is 0.767. The molecule has 0 spiro atoms. The van der Waals surface area contributed by atoms with Gasteiger partial charge in [0, 0.05) is 6.54 Å². The number of aliphatic carboxylic acids is 1. The fourth-order valence-corrected chi connectivity index (χ4v) is 4.28. The van der Waals surface area contributed by atoms with Gasteiger partial charge in [-0.15, -0.1) is 0 Å². The van der Waals surface area contributed by atoms with Crippen molar-refractivity contribution in [2.45, 2.75) is 44.9 Å². The average molecular weight is 303 g/mol. The van der Waals surface area contributed by atoms with Crippen molar-refractivity contribution in [1.29, 1.82) is 0 Å². The summed E-state index contributed by atoms with van der Waals surface area (Å²) in [6.07, 6.45) is 13.9. The molecule has 1 saturated carbocycles. The second kappa shape index (κ2) is 6.67. The first-order valence-corrected chi connectivity index (χ1v) is 8.53. The first kappa shape index (κ1) is 15.3. The van der Waals surface area contributed by atoms with Crippen LogP contribution in [0, 0.1) is 23.7 Å². The third kappa shape index (κ3) is 3.11. The lowest BCUT2D eigenvalue weighted by Gasteiger charge is -2.41. The SMILES string of the molecule is O=C(NCCC1=CCCCC1)[C@@H]1[C@H](C(=O)O)[C@@H]2C=C[C@H]1CC2. The lowest BCUT2D eigenvalue weighted by atomic mass is 9.62. The summed E-state index contributed by atoms with van der Waals surface area (Å²) >= 11 is 0. The molecule has 2 N–H and O–H groups in total. The van der Waals surface area contributed by atoms with Crippen LogP contribution in [0.4, 0.5) is 0 Å². The molecule has 0 heterocycles. The van der Waals surface area contributed by atoms with Crippen molar-refractivity contribution in [3.05, 3.63) is 23.8 Å².